The number of aryl methyl sites for hydroxylation is 1. The molecule has 10 heteroatoms. The highest BCUT2D eigenvalue weighted by Crippen LogP contribution is 2.24. The van der Waals surface area contributed by atoms with Crippen molar-refractivity contribution in [1.82, 2.24) is 24.8 Å². The van der Waals surface area contributed by atoms with Gasteiger partial charge >= 0.3 is 0 Å². The minimum atomic E-state index is -0.238. The summed E-state index contributed by atoms with van der Waals surface area (Å²) in [6.07, 6.45) is 3.37. The van der Waals surface area contributed by atoms with Crippen LogP contribution in [0, 0.1) is 6.92 Å². The van der Waals surface area contributed by atoms with E-state index in [1.165, 1.54) is 0 Å². The molecule has 0 aliphatic carbocycles. The molecule has 166 valence electrons. The van der Waals surface area contributed by atoms with Gasteiger partial charge < -0.3 is 19.9 Å². The monoisotopic (exact) mass is 436 g/mol. The number of pyridine rings is 1. The van der Waals surface area contributed by atoms with E-state index in [0.717, 1.165) is 16.8 Å². The number of ether oxygens (including phenoxy) is 1. The lowest BCUT2D eigenvalue weighted by molar-refractivity contribution is -0.128. The second-order valence-electron chi connectivity index (χ2n) is 6.65. The molecule has 0 saturated carbocycles. The molecule has 0 atom stereocenters. The summed E-state index contributed by atoms with van der Waals surface area (Å²) < 4.78 is 11.1. The number of fused-ring (bicyclic) bond motifs is 1. The van der Waals surface area contributed by atoms with Crippen LogP contribution in [0.3, 0.4) is 0 Å². The molecule has 0 radical (unpaired) electrons. The van der Waals surface area contributed by atoms with Crippen LogP contribution < -0.4 is 10.6 Å². The summed E-state index contributed by atoms with van der Waals surface area (Å²) in [7, 11) is 1.81. The highest BCUT2D eigenvalue weighted by molar-refractivity contribution is 6.04. The van der Waals surface area contributed by atoms with Crippen molar-refractivity contribution in [2.75, 3.05) is 19.0 Å². The Morgan fingerprint density at radius 2 is 2.12 bits per heavy atom. The number of amides is 1. The Balaban J connectivity index is 0.000000523. The molecule has 4 aromatic rings. The summed E-state index contributed by atoms with van der Waals surface area (Å²) in [5.74, 6) is 0.743. The molecule has 1 amide bonds. The van der Waals surface area contributed by atoms with E-state index >= 15 is 0 Å². The Morgan fingerprint density at radius 3 is 2.84 bits per heavy atom. The largest absolute Gasteiger partial charge is 0.468 e. The number of carbonyl (C=O) groups is 2. The van der Waals surface area contributed by atoms with Gasteiger partial charge in [0.25, 0.3) is 12.4 Å². The van der Waals surface area contributed by atoms with Crippen molar-refractivity contribution in [1.29, 1.82) is 0 Å². The van der Waals surface area contributed by atoms with E-state index in [1.807, 2.05) is 56.6 Å². The zero-order valence-electron chi connectivity index (χ0n) is 18.0. The highest BCUT2D eigenvalue weighted by atomic mass is 16.5. The molecule has 0 aliphatic rings. The van der Waals surface area contributed by atoms with Gasteiger partial charge in [0.1, 0.15) is 11.3 Å². The molecule has 0 saturated heterocycles. The Labute approximate surface area is 184 Å². The smallest absolute Gasteiger partial charge is 0.293 e. The third-order valence-electron chi connectivity index (χ3n) is 4.42. The number of aromatic nitrogens is 4. The van der Waals surface area contributed by atoms with Crippen molar-refractivity contribution in [3.63, 3.8) is 0 Å². The lowest BCUT2D eigenvalue weighted by Crippen LogP contribution is -2.15. The number of benzene rings is 1. The molecule has 3 heterocycles. The predicted octanol–water partition coefficient (Wildman–Crippen LogP) is 2.84. The van der Waals surface area contributed by atoms with Crippen molar-refractivity contribution in [3.8, 4) is 11.4 Å². The van der Waals surface area contributed by atoms with Gasteiger partial charge in [-0.3, -0.25) is 14.0 Å². The molecule has 0 bridgehead atoms. The van der Waals surface area contributed by atoms with Gasteiger partial charge in [0.2, 0.25) is 11.7 Å². The molecule has 0 unspecified atom stereocenters. The molecule has 0 spiro atoms. The van der Waals surface area contributed by atoms with Crippen LogP contribution in [0.1, 0.15) is 28.9 Å². The van der Waals surface area contributed by atoms with Crippen molar-refractivity contribution in [2.24, 2.45) is 0 Å². The number of rotatable bonds is 7. The molecule has 10 nitrogen and oxygen atoms in total. The number of nitrogens with zero attached hydrogens (tertiary/aromatic N) is 4. The second-order valence-corrected chi connectivity index (χ2v) is 6.65. The van der Waals surface area contributed by atoms with Crippen molar-refractivity contribution in [2.45, 2.75) is 20.4 Å². The van der Waals surface area contributed by atoms with Crippen LogP contribution in [0.25, 0.3) is 17.0 Å². The number of nitrogens with one attached hydrogen (secondary N) is 2. The Hall–Kier alpha value is -4.05. The maximum Gasteiger partial charge on any atom is 0.293 e. The SMILES string of the molecule is CCOC=O.CNCc1nc(-c2ccc(C)c(NC(=O)c3cnc4ccccn34)c2)no1. The fourth-order valence-electron chi connectivity index (χ4n) is 2.85. The third kappa shape index (κ3) is 5.35. The minimum absolute atomic E-state index is 0.238. The first-order valence-electron chi connectivity index (χ1n) is 9.94. The van der Waals surface area contributed by atoms with E-state index in [2.05, 4.69) is 30.5 Å². The number of hydrogen-bond donors (Lipinski definition) is 2. The van der Waals surface area contributed by atoms with Crippen molar-refractivity contribution < 1.29 is 18.8 Å². The molecule has 2 N–H and O–H groups in total. The second kappa shape index (κ2) is 10.8. The van der Waals surface area contributed by atoms with Crippen LogP contribution >= 0.6 is 0 Å². The summed E-state index contributed by atoms with van der Waals surface area (Å²) in [5, 5.41) is 9.91. The van der Waals surface area contributed by atoms with E-state index in [0.29, 0.717) is 42.7 Å². The molecule has 0 aliphatic heterocycles. The van der Waals surface area contributed by atoms with Gasteiger partial charge in [-0.05, 0) is 44.7 Å². The third-order valence-corrected chi connectivity index (χ3v) is 4.42. The fraction of sp³-hybridized carbons (Fsp3) is 0.227. The fourth-order valence-corrected chi connectivity index (χ4v) is 2.85. The first-order valence-corrected chi connectivity index (χ1v) is 9.94. The van der Waals surface area contributed by atoms with Crippen LogP contribution in [-0.4, -0.2) is 45.6 Å². The molecular weight excluding hydrogens is 412 g/mol. The topological polar surface area (TPSA) is 124 Å². The number of hydrogen-bond acceptors (Lipinski definition) is 8. The maximum absolute atomic E-state index is 12.7. The maximum atomic E-state index is 12.7. The van der Waals surface area contributed by atoms with Gasteiger partial charge in [0.05, 0.1) is 19.3 Å². The van der Waals surface area contributed by atoms with Crippen LogP contribution in [0.15, 0.2) is 53.3 Å². The first-order chi connectivity index (χ1) is 15.6. The molecule has 32 heavy (non-hydrogen) atoms. The van der Waals surface area contributed by atoms with Gasteiger partial charge in [-0.2, -0.15) is 4.98 Å². The summed E-state index contributed by atoms with van der Waals surface area (Å²) in [5.41, 5.74) is 3.56. The van der Waals surface area contributed by atoms with Gasteiger partial charge in [-0.1, -0.05) is 23.4 Å². The number of imidazole rings is 1. The quantitative estimate of drug-likeness (QED) is 0.424. The molecule has 3 aromatic heterocycles. The van der Waals surface area contributed by atoms with Crippen molar-refractivity contribution in [3.05, 3.63) is 65.9 Å². The lowest BCUT2D eigenvalue weighted by atomic mass is 10.1. The standard InChI is InChI=1S/C19H18N6O2.C3H6O2/c1-12-6-7-13(18-23-17(11-20-2)27-24-18)9-14(12)22-19(26)15-10-21-16-5-3-4-8-25(15)16;1-2-5-3-4/h3-10,20H,11H2,1-2H3,(H,22,26);3H,2H2,1H3. The van der Waals surface area contributed by atoms with E-state index < -0.39 is 0 Å². The number of anilines is 1. The number of carbonyl (C=O) groups excluding carboxylic acids is 2. The van der Waals surface area contributed by atoms with Crippen LogP contribution in [0.5, 0.6) is 0 Å². The van der Waals surface area contributed by atoms with Crippen LogP contribution in [-0.2, 0) is 16.1 Å². The summed E-state index contributed by atoms with van der Waals surface area (Å²) in [6.45, 7) is 5.09. The zero-order chi connectivity index (χ0) is 22.9. The van der Waals surface area contributed by atoms with E-state index in [9.17, 15) is 9.59 Å². The zero-order valence-corrected chi connectivity index (χ0v) is 18.0. The van der Waals surface area contributed by atoms with E-state index in [-0.39, 0.29) is 5.91 Å². The molecule has 4 rings (SSSR count). The Bertz CT molecular complexity index is 1200. The van der Waals surface area contributed by atoms with Crippen LogP contribution in [0.2, 0.25) is 0 Å². The molecule has 1 aromatic carbocycles. The van der Waals surface area contributed by atoms with Gasteiger partial charge in [0, 0.05) is 17.4 Å². The summed E-state index contributed by atoms with van der Waals surface area (Å²) in [6, 6.07) is 11.2. The normalized spacial score (nSPS) is 10.3. The first kappa shape index (κ1) is 22.6. The Morgan fingerprint density at radius 1 is 1.28 bits per heavy atom. The van der Waals surface area contributed by atoms with Gasteiger partial charge in [0.15, 0.2) is 0 Å². The summed E-state index contributed by atoms with van der Waals surface area (Å²) >= 11 is 0. The minimum Gasteiger partial charge on any atom is -0.468 e. The van der Waals surface area contributed by atoms with Crippen LogP contribution in [0.4, 0.5) is 5.69 Å². The molecular formula is C22H24N6O4. The van der Waals surface area contributed by atoms with E-state index in [1.54, 1.807) is 17.5 Å². The highest BCUT2D eigenvalue weighted by Gasteiger charge is 2.15. The van der Waals surface area contributed by atoms with Crippen molar-refractivity contribution >= 4 is 23.7 Å². The molecule has 0 fully saturated rings. The predicted molar refractivity (Wildman–Crippen MR) is 118 cm³/mol. The van der Waals surface area contributed by atoms with E-state index in [4.69, 9.17) is 4.52 Å². The average Bonchev–Trinajstić information content (AvgIpc) is 3.44. The Kier molecular flexibility index (Phi) is 7.65. The van der Waals surface area contributed by atoms with Gasteiger partial charge in [-0.25, -0.2) is 4.98 Å². The van der Waals surface area contributed by atoms with Gasteiger partial charge in [-0.15, -0.1) is 0 Å². The summed E-state index contributed by atoms with van der Waals surface area (Å²) in [4.78, 5) is 30.5. The lowest BCUT2D eigenvalue weighted by Gasteiger charge is -2.09. The average molecular weight is 436 g/mol.